The van der Waals surface area contributed by atoms with Gasteiger partial charge in [0.1, 0.15) is 0 Å². The van der Waals surface area contributed by atoms with Gasteiger partial charge in [-0.25, -0.2) is 0 Å². The van der Waals surface area contributed by atoms with E-state index < -0.39 is 0 Å². The lowest BCUT2D eigenvalue weighted by atomic mass is 10.1. The second-order valence-corrected chi connectivity index (χ2v) is 7.35. The molecule has 0 amide bonds. The molecule has 1 aliphatic heterocycles. The molecule has 2 N–H and O–H groups in total. The monoisotopic (exact) mass is 328 g/mol. The maximum absolute atomic E-state index is 5.92. The largest absolute Gasteiger partial charge is 0.366 e. The van der Waals surface area contributed by atoms with Crippen molar-refractivity contribution in [1.82, 2.24) is 0 Å². The van der Waals surface area contributed by atoms with Crippen LogP contribution in [0.3, 0.4) is 0 Å². The molecule has 0 spiro atoms. The van der Waals surface area contributed by atoms with Gasteiger partial charge in [0, 0.05) is 34.1 Å². The van der Waals surface area contributed by atoms with Gasteiger partial charge in [-0.2, -0.15) is 11.8 Å². The van der Waals surface area contributed by atoms with Crippen LogP contribution in [0.1, 0.15) is 32.4 Å². The fourth-order valence-electron chi connectivity index (χ4n) is 2.31. The Labute approximate surface area is 122 Å². The van der Waals surface area contributed by atoms with E-state index in [9.17, 15) is 0 Å². The van der Waals surface area contributed by atoms with Crippen LogP contribution >= 0.6 is 27.7 Å². The van der Waals surface area contributed by atoms with E-state index in [-0.39, 0.29) is 6.04 Å². The van der Waals surface area contributed by atoms with E-state index in [1.807, 2.05) is 6.92 Å². The quantitative estimate of drug-likeness (QED) is 0.895. The van der Waals surface area contributed by atoms with Crippen LogP contribution in [0.25, 0.3) is 0 Å². The lowest BCUT2D eigenvalue weighted by molar-refractivity contribution is 0.626. The summed E-state index contributed by atoms with van der Waals surface area (Å²) in [7, 11) is 0. The zero-order chi connectivity index (χ0) is 13.3. The summed E-state index contributed by atoms with van der Waals surface area (Å²) in [4.78, 5) is 2.50. The third-order valence-corrected chi connectivity index (χ3v) is 5.66. The Morgan fingerprint density at radius 1 is 1.44 bits per heavy atom. The number of thioether (sulfide) groups is 1. The van der Waals surface area contributed by atoms with Gasteiger partial charge in [0.05, 0.1) is 5.69 Å². The van der Waals surface area contributed by atoms with Crippen LogP contribution in [0.15, 0.2) is 22.7 Å². The molecule has 2 nitrogen and oxygen atoms in total. The summed E-state index contributed by atoms with van der Waals surface area (Å²) in [6, 6.07) is 7.15. The molecule has 2 rings (SSSR count). The highest BCUT2D eigenvalue weighted by molar-refractivity contribution is 9.10. The molecule has 0 radical (unpaired) electrons. The van der Waals surface area contributed by atoms with E-state index in [2.05, 4.69) is 64.6 Å². The van der Waals surface area contributed by atoms with Gasteiger partial charge >= 0.3 is 0 Å². The molecule has 1 fully saturated rings. The first-order valence-corrected chi connectivity index (χ1v) is 8.28. The summed E-state index contributed by atoms with van der Waals surface area (Å²) in [6.45, 7) is 7.75. The number of hydrogen-bond donors (Lipinski definition) is 1. The van der Waals surface area contributed by atoms with Crippen molar-refractivity contribution in [2.45, 2.75) is 38.1 Å². The summed E-state index contributed by atoms with van der Waals surface area (Å²) < 4.78 is 1.16. The van der Waals surface area contributed by atoms with Gasteiger partial charge in [-0.1, -0.05) is 13.0 Å². The van der Waals surface area contributed by atoms with E-state index in [1.54, 1.807) is 0 Å². The Kier molecular flexibility index (Phi) is 4.62. The van der Waals surface area contributed by atoms with Crippen molar-refractivity contribution in [3.05, 3.63) is 28.2 Å². The van der Waals surface area contributed by atoms with E-state index in [4.69, 9.17) is 5.73 Å². The maximum Gasteiger partial charge on any atom is 0.0513 e. The van der Waals surface area contributed by atoms with Gasteiger partial charge in [-0.15, -0.1) is 0 Å². The Bertz CT molecular complexity index is 422. The minimum absolute atomic E-state index is 0.0867. The second kappa shape index (κ2) is 5.85. The first-order valence-electron chi connectivity index (χ1n) is 6.44. The molecule has 0 aliphatic carbocycles. The molecule has 3 atom stereocenters. The molecule has 3 unspecified atom stereocenters. The van der Waals surface area contributed by atoms with Crippen molar-refractivity contribution in [2.75, 3.05) is 17.2 Å². The number of halogens is 1. The SMILES string of the molecule is CC(N)c1ccc(N2CCSC(C)C2C)c(Br)c1. The van der Waals surface area contributed by atoms with Crippen molar-refractivity contribution in [2.24, 2.45) is 5.73 Å². The average molecular weight is 329 g/mol. The molecular formula is C14H21BrN2S. The van der Waals surface area contributed by atoms with Crippen LogP contribution in [0.4, 0.5) is 5.69 Å². The van der Waals surface area contributed by atoms with Crippen LogP contribution in [-0.4, -0.2) is 23.6 Å². The van der Waals surface area contributed by atoms with Crippen molar-refractivity contribution < 1.29 is 0 Å². The minimum atomic E-state index is 0.0867. The number of anilines is 1. The summed E-state index contributed by atoms with van der Waals surface area (Å²) >= 11 is 5.76. The average Bonchev–Trinajstić information content (AvgIpc) is 2.33. The molecule has 1 aliphatic rings. The van der Waals surface area contributed by atoms with Crippen LogP contribution in [0, 0.1) is 0 Å². The molecule has 1 heterocycles. The first kappa shape index (κ1) is 14.2. The van der Waals surface area contributed by atoms with E-state index >= 15 is 0 Å². The van der Waals surface area contributed by atoms with Crippen LogP contribution in [0.2, 0.25) is 0 Å². The summed E-state index contributed by atoms with van der Waals surface area (Å²) in [5.74, 6) is 1.20. The van der Waals surface area contributed by atoms with Gasteiger partial charge in [0.25, 0.3) is 0 Å². The van der Waals surface area contributed by atoms with Crippen LogP contribution in [-0.2, 0) is 0 Å². The van der Waals surface area contributed by atoms with Crippen LogP contribution < -0.4 is 10.6 Å². The van der Waals surface area contributed by atoms with E-state index in [0.29, 0.717) is 11.3 Å². The Balaban J connectivity index is 2.27. The number of benzene rings is 1. The van der Waals surface area contributed by atoms with E-state index in [1.165, 1.54) is 17.0 Å². The highest BCUT2D eigenvalue weighted by Crippen LogP contribution is 2.34. The van der Waals surface area contributed by atoms with Gasteiger partial charge in [-0.05, 0) is 47.5 Å². The third kappa shape index (κ3) is 2.86. The molecule has 0 aromatic heterocycles. The normalized spacial score (nSPS) is 26.2. The number of hydrogen-bond acceptors (Lipinski definition) is 3. The first-order chi connectivity index (χ1) is 8.50. The second-order valence-electron chi connectivity index (χ2n) is 5.01. The predicted molar refractivity (Wildman–Crippen MR) is 85.5 cm³/mol. The molecule has 18 heavy (non-hydrogen) atoms. The van der Waals surface area contributed by atoms with Gasteiger partial charge < -0.3 is 10.6 Å². The predicted octanol–water partition coefficient (Wildman–Crippen LogP) is 3.80. The third-order valence-electron chi connectivity index (χ3n) is 3.69. The molecular weight excluding hydrogens is 308 g/mol. The smallest absolute Gasteiger partial charge is 0.0513 e. The highest BCUT2D eigenvalue weighted by Gasteiger charge is 2.26. The highest BCUT2D eigenvalue weighted by atomic mass is 79.9. The topological polar surface area (TPSA) is 29.3 Å². The Morgan fingerprint density at radius 2 is 2.17 bits per heavy atom. The molecule has 0 saturated carbocycles. The number of nitrogens with zero attached hydrogens (tertiary/aromatic N) is 1. The molecule has 1 aromatic rings. The van der Waals surface area contributed by atoms with E-state index in [0.717, 1.165) is 11.0 Å². The fourth-order valence-corrected chi connectivity index (χ4v) is 4.04. The molecule has 1 aromatic carbocycles. The fraction of sp³-hybridized carbons (Fsp3) is 0.571. The Hall–Kier alpha value is -0.190. The number of nitrogens with two attached hydrogens (primary N) is 1. The molecule has 1 saturated heterocycles. The van der Waals surface area contributed by atoms with Crippen molar-refractivity contribution in [3.63, 3.8) is 0 Å². The molecule has 4 heteroatoms. The van der Waals surface area contributed by atoms with Crippen molar-refractivity contribution >= 4 is 33.4 Å². The minimum Gasteiger partial charge on any atom is -0.366 e. The van der Waals surface area contributed by atoms with Crippen molar-refractivity contribution in [1.29, 1.82) is 0 Å². The lowest BCUT2D eigenvalue weighted by Gasteiger charge is -2.39. The van der Waals surface area contributed by atoms with Crippen molar-refractivity contribution in [3.8, 4) is 0 Å². The summed E-state index contributed by atoms with van der Waals surface area (Å²) in [5, 5.41) is 0.679. The molecule has 0 bridgehead atoms. The van der Waals surface area contributed by atoms with Gasteiger partial charge in [0.15, 0.2) is 0 Å². The zero-order valence-corrected chi connectivity index (χ0v) is 13.6. The summed E-state index contributed by atoms with van der Waals surface area (Å²) in [5.41, 5.74) is 8.39. The lowest BCUT2D eigenvalue weighted by Crippen LogP contribution is -2.44. The summed E-state index contributed by atoms with van der Waals surface area (Å²) in [6.07, 6.45) is 0. The zero-order valence-electron chi connectivity index (χ0n) is 11.2. The molecule has 100 valence electrons. The number of rotatable bonds is 2. The van der Waals surface area contributed by atoms with Crippen LogP contribution in [0.5, 0.6) is 0 Å². The Morgan fingerprint density at radius 3 is 2.78 bits per heavy atom. The van der Waals surface area contributed by atoms with Gasteiger partial charge in [0.2, 0.25) is 0 Å². The standard InChI is InChI=1S/C14H21BrN2S/c1-9(16)12-4-5-14(13(15)8-12)17-6-7-18-11(3)10(17)2/h4-5,8-11H,6-7,16H2,1-3H3. The maximum atomic E-state index is 5.92. The van der Waals surface area contributed by atoms with Gasteiger partial charge in [-0.3, -0.25) is 0 Å².